The van der Waals surface area contributed by atoms with Gasteiger partial charge in [-0.15, -0.1) is 5.10 Å². The van der Waals surface area contributed by atoms with Gasteiger partial charge in [0.2, 0.25) is 0 Å². The summed E-state index contributed by atoms with van der Waals surface area (Å²) in [7, 11) is 0. The van der Waals surface area contributed by atoms with Crippen LogP contribution in [0.2, 0.25) is 0 Å². The van der Waals surface area contributed by atoms with E-state index in [0.29, 0.717) is 22.9 Å². The van der Waals surface area contributed by atoms with E-state index in [4.69, 9.17) is 0 Å². The second kappa shape index (κ2) is 7.22. The lowest BCUT2D eigenvalue weighted by atomic mass is 10.0. The molecule has 0 spiro atoms. The van der Waals surface area contributed by atoms with Crippen LogP contribution in [0.5, 0.6) is 0 Å². The number of halogens is 2. The van der Waals surface area contributed by atoms with E-state index in [0.717, 1.165) is 11.8 Å². The van der Waals surface area contributed by atoms with E-state index >= 15 is 0 Å². The second-order valence-electron chi connectivity index (χ2n) is 6.52. The monoisotopic (exact) mass is 378 g/mol. The highest BCUT2D eigenvalue weighted by molar-refractivity contribution is 5.77. The van der Waals surface area contributed by atoms with Crippen LogP contribution in [-0.2, 0) is 0 Å². The molecule has 2 aromatic heterocycles. The first-order chi connectivity index (χ1) is 13.5. The fourth-order valence-electron chi connectivity index (χ4n) is 2.82. The average molecular weight is 378 g/mol. The van der Waals surface area contributed by atoms with Crippen molar-refractivity contribution in [1.29, 1.82) is 0 Å². The van der Waals surface area contributed by atoms with Gasteiger partial charge >= 0.3 is 0 Å². The molecule has 2 aromatic carbocycles. The quantitative estimate of drug-likeness (QED) is 0.533. The molecule has 4 rings (SSSR count). The van der Waals surface area contributed by atoms with Gasteiger partial charge in [0.15, 0.2) is 5.82 Å². The van der Waals surface area contributed by atoms with Crippen molar-refractivity contribution < 1.29 is 8.78 Å². The first-order valence-corrected chi connectivity index (χ1v) is 8.71. The molecule has 0 saturated heterocycles. The SMILES string of the molecule is CC(C)c1ncc(-c2nnnn2-c2ccccc2)c(-c2ccc(F)cc2F)n1. The van der Waals surface area contributed by atoms with Crippen molar-refractivity contribution in [2.75, 3.05) is 0 Å². The summed E-state index contributed by atoms with van der Waals surface area (Å²) in [5.74, 6) is -0.439. The van der Waals surface area contributed by atoms with Crippen LogP contribution in [0, 0.1) is 11.6 Å². The summed E-state index contributed by atoms with van der Waals surface area (Å²) in [6, 6.07) is 12.7. The summed E-state index contributed by atoms with van der Waals surface area (Å²) in [5.41, 5.74) is 1.65. The third-order valence-electron chi connectivity index (χ3n) is 4.22. The lowest BCUT2D eigenvalue weighted by Gasteiger charge is -2.13. The van der Waals surface area contributed by atoms with Gasteiger partial charge in [0, 0.05) is 23.7 Å². The average Bonchev–Trinajstić information content (AvgIpc) is 3.18. The Hall–Kier alpha value is -3.55. The Morgan fingerprint density at radius 1 is 0.964 bits per heavy atom. The summed E-state index contributed by atoms with van der Waals surface area (Å²) in [6.45, 7) is 3.88. The number of hydrogen-bond donors (Lipinski definition) is 0. The normalized spacial score (nSPS) is 11.2. The minimum Gasteiger partial charge on any atom is -0.240 e. The number of nitrogens with zero attached hydrogens (tertiary/aromatic N) is 6. The maximum atomic E-state index is 14.6. The molecule has 0 bridgehead atoms. The van der Waals surface area contributed by atoms with Gasteiger partial charge < -0.3 is 0 Å². The van der Waals surface area contributed by atoms with Gasteiger partial charge in [0.25, 0.3) is 0 Å². The van der Waals surface area contributed by atoms with Crippen LogP contribution >= 0.6 is 0 Å². The molecule has 28 heavy (non-hydrogen) atoms. The number of tetrazole rings is 1. The van der Waals surface area contributed by atoms with Crippen molar-refractivity contribution in [3.8, 4) is 28.3 Å². The Labute approximate surface area is 159 Å². The standard InChI is InChI=1S/C20H16F2N6/c1-12(2)19-23-11-16(18(24-19)15-9-8-13(21)10-17(15)22)20-25-26-27-28(20)14-6-4-3-5-7-14/h3-12H,1-2H3. The number of para-hydroxylation sites is 1. The predicted octanol–water partition coefficient (Wildman–Crippen LogP) is 4.19. The first kappa shape index (κ1) is 17.8. The highest BCUT2D eigenvalue weighted by Crippen LogP contribution is 2.32. The van der Waals surface area contributed by atoms with Crippen molar-refractivity contribution in [2.45, 2.75) is 19.8 Å². The maximum Gasteiger partial charge on any atom is 0.190 e. The Bertz CT molecular complexity index is 1120. The first-order valence-electron chi connectivity index (χ1n) is 8.71. The Morgan fingerprint density at radius 2 is 1.75 bits per heavy atom. The van der Waals surface area contributed by atoms with Gasteiger partial charge in [0.05, 0.1) is 16.9 Å². The Morgan fingerprint density at radius 3 is 2.46 bits per heavy atom. The minimum absolute atomic E-state index is 0.0291. The van der Waals surface area contributed by atoms with Crippen molar-refractivity contribution >= 4 is 0 Å². The van der Waals surface area contributed by atoms with Crippen LogP contribution in [0.25, 0.3) is 28.3 Å². The van der Waals surface area contributed by atoms with Crippen molar-refractivity contribution in [3.63, 3.8) is 0 Å². The summed E-state index contributed by atoms with van der Waals surface area (Å²) in [5, 5.41) is 11.9. The zero-order chi connectivity index (χ0) is 19.7. The van der Waals surface area contributed by atoms with Crippen LogP contribution in [-0.4, -0.2) is 30.2 Å². The molecule has 0 N–H and O–H groups in total. The predicted molar refractivity (Wildman–Crippen MR) is 99.6 cm³/mol. The van der Waals surface area contributed by atoms with E-state index in [1.54, 1.807) is 6.20 Å². The van der Waals surface area contributed by atoms with E-state index in [1.807, 2.05) is 44.2 Å². The van der Waals surface area contributed by atoms with Crippen LogP contribution in [0.4, 0.5) is 8.78 Å². The Balaban J connectivity index is 1.95. The zero-order valence-electron chi connectivity index (χ0n) is 15.2. The lowest BCUT2D eigenvalue weighted by molar-refractivity contribution is 0.585. The van der Waals surface area contributed by atoms with Gasteiger partial charge in [0.1, 0.15) is 17.5 Å². The number of benzene rings is 2. The van der Waals surface area contributed by atoms with Gasteiger partial charge in [-0.1, -0.05) is 32.0 Å². The molecule has 0 aliphatic carbocycles. The molecule has 0 aliphatic heterocycles. The van der Waals surface area contributed by atoms with Crippen LogP contribution in [0.3, 0.4) is 0 Å². The van der Waals surface area contributed by atoms with Crippen molar-refractivity contribution in [2.24, 2.45) is 0 Å². The molecular weight excluding hydrogens is 362 g/mol. The lowest BCUT2D eigenvalue weighted by Crippen LogP contribution is -2.06. The van der Waals surface area contributed by atoms with Crippen molar-refractivity contribution in [3.05, 3.63) is 72.2 Å². The molecule has 8 heteroatoms. The van der Waals surface area contributed by atoms with Crippen molar-refractivity contribution in [1.82, 2.24) is 30.2 Å². The highest BCUT2D eigenvalue weighted by Gasteiger charge is 2.21. The smallest absolute Gasteiger partial charge is 0.190 e. The van der Waals surface area contributed by atoms with Gasteiger partial charge in [-0.2, -0.15) is 4.68 Å². The van der Waals surface area contributed by atoms with Gasteiger partial charge in [-0.25, -0.2) is 18.7 Å². The van der Waals surface area contributed by atoms with E-state index in [1.165, 1.54) is 16.8 Å². The zero-order valence-corrected chi connectivity index (χ0v) is 15.2. The van der Waals surface area contributed by atoms with Gasteiger partial charge in [-0.05, 0) is 34.7 Å². The van der Waals surface area contributed by atoms with Gasteiger partial charge in [-0.3, -0.25) is 0 Å². The van der Waals surface area contributed by atoms with Crippen LogP contribution in [0.1, 0.15) is 25.6 Å². The topological polar surface area (TPSA) is 69.4 Å². The molecule has 0 unspecified atom stereocenters. The van der Waals surface area contributed by atoms with Crippen LogP contribution in [0.15, 0.2) is 54.7 Å². The van der Waals surface area contributed by atoms with Crippen LogP contribution < -0.4 is 0 Å². The molecule has 0 radical (unpaired) electrons. The third-order valence-corrected chi connectivity index (χ3v) is 4.22. The second-order valence-corrected chi connectivity index (χ2v) is 6.52. The molecule has 0 saturated carbocycles. The van der Waals surface area contributed by atoms with E-state index in [-0.39, 0.29) is 11.5 Å². The summed E-state index contributed by atoms with van der Waals surface area (Å²) in [6.07, 6.45) is 1.57. The molecule has 0 aliphatic rings. The summed E-state index contributed by atoms with van der Waals surface area (Å²) in [4.78, 5) is 8.93. The molecule has 6 nitrogen and oxygen atoms in total. The summed E-state index contributed by atoms with van der Waals surface area (Å²) < 4.78 is 29.5. The molecule has 0 fully saturated rings. The molecular formula is C20H16F2N6. The van der Waals surface area contributed by atoms with E-state index < -0.39 is 11.6 Å². The summed E-state index contributed by atoms with van der Waals surface area (Å²) >= 11 is 0. The number of rotatable bonds is 4. The molecule has 4 aromatic rings. The Kier molecular flexibility index (Phi) is 4.60. The fourth-order valence-corrected chi connectivity index (χ4v) is 2.82. The molecule has 140 valence electrons. The molecule has 0 atom stereocenters. The maximum absolute atomic E-state index is 14.6. The number of hydrogen-bond acceptors (Lipinski definition) is 5. The largest absolute Gasteiger partial charge is 0.240 e. The van der Waals surface area contributed by atoms with E-state index in [2.05, 4.69) is 25.5 Å². The fraction of sp³-hybridized carbons (Fsp3) is 0.150. The molecule has 0 amide bonds. The van der Waals surface area contributed by atoms with E-state index in [9.17, 15) is 8.78 Å². The highest BCUT2D eigenvalue weighted by atomic mass is 19.1. The number of aromatic nitrogens is 6. The molecule has 2 heterocycles. The minimum atomic E-state index is -0.714. The third kappa shape index (κ3) is 3.24.